The van der Waals surface area contributed by atoms with Crippen LogP contribution < -0.4 is 11.0 Å². The normalized spacial score (nSPS) is 12.3. The molecule has 2 aromatic heterocycles. The first-order valence-electron chi connectivity index (χ1n) is 7.42. The van der Waals surface area contributed by atoms with Crippen molar-refractivity contribution >= 4 is 23.2 Å². The Morgan fingerprint density at radius 3 is 2.88 bits per heavy atom. The van der Waals surface area contributed by atoms with Crippen LogP contribution in [-0.2, 0) is 11.3 Å². The van der Waals surface area contributed by atoms with Gasteiger partial charge in [-0.1, -0.05) is 23.7 Å². The van der Waals surface area contributed by atoms with Crippen LogP contribution in [0.2, 0.25) is 5.02 Å². The van der Waals surface area contributed by atoms with Crippen LogP contribution in [0.1, 0.15) is 24.1 Å². The molecule has 0 aliphatic rings. The first kappa shape index (κ1) is 16.2. The summed E-state index contributed by atoms with van der Waals surface area (Å²) in [5.41, 5.74) is 1.81. The second-order valence-corrected chi connectivity index (χ2v) is 5.94. The van der Waals surface area contributed by atoms with Gasteiger partial charge >= 0.3 is 5.69 Å². The number of hydrogen-bond donors (Lipinski definition) is 1. The number of fused-ring (bicyclic) bond motifs is 1. The lowest BCUT2D eigenvalue weighted by Crippen LogP contribution is -2.34. The summed E-state index contributed by atoms with van der Waals surface area (Å²) < 4.78 is 2.24. The molecule has 3 rings (SSSR count). The van der Waals surface area contributed by atoms with Crippen LogP contribution in [0.4, 0.5) is 0 Å². The summed E-state index contributed by atoms with van der Waals surface area (Å²) >= 11 is 6.11. The summed E-state index contributed by atoms with van der Waals surface area (Å²) in [6.07, 6.45) is 1.49. The van der Waals surface area contributed by atoms with Gasteiger partial charge in [0.2, 0.25) is 5.91 Å². The Morgan fingerprint density at radius 2 is 2.17 bits per heavy atom. The predicted octanol–water partition coefficient (Wildman–Crippen LogP) is 1.73. The summed E-state index contributed by atoms with van der Waals surface area (Å²) in [5, 5.41) is 11.5. The number of carbonyl (C=O) groups excluding carboxylic acids is 1. The summed E-state index contributed by atoms with van der Waals surface area (Å²) in [6.45, 7) is 3.60. The monoisotopic (exact) mass is 345 g/mol. The predicted molar refractivity (Wildman–Crippen MR) is 90.0 cm³/mol. The lowest BCUT2D eigenvalue weighted by Gasteiger charge is -2.15. The molecular weight excluding hydrogens is 330 g/mol. The largest absolute Gasteiger partial charge is 0.367 e. The molecule has 0 aliphatic heterocycles. The van der Waals surface area contributed by atoms with E-state index in [1.165, 1.54) is 6.20 Å². The Bertz CT molecular complexity index is 963. The molecule has 8 heteroatoms. The molecule has 0 saturated carbocycles. The second kappa shape index (κ2) is 6.45. The third-order valence-corrected chi connectivity index (χ3v) is 4.13. The van der Waals surface area contributed by atoms with E-state index in [1.807, 2.05) is 32.0 Å². The van der Waals surface area contributed by atoms with Crippen molar-refractivity contribution in [1.82, 2.24) is 24.7 Å². The summed E-state index contributed by atoms with van der Waals surface area (Å²) in [7, 11) is 0. The van der Waals surface area contributed by atoms with E-state index in [0.29, 0.717) is 10.7 Å². The topological polar surface area (TPSA) is 81.3 Å². The van der Waals surface area contributed by atoms with Gasteiger partial charge in [0, 0.05) is 11.2 Å². The van der Waals surface area contributed by atoms with Gasteiger partial charge in [0.25, 0.3) is 0 Å². The van der Waals surface area contributed by atoms with Crippen molar-refractivity contribution in [3.05, 3.63) is 63.2 Å². The maximum Gasteiger partial charge on any atom is 0.367 e. The molecule has 0 spiro atoms. The van der Waals surface area contributed by atoms with E-state index in [-0.39, 0.29) is 18.5 Å². The Morgan fingerprint density at radius 1 is 1.38 bits per heavy atom. The number of hydrogen-bond acceptors (Lipinski definition) is 4. The summed E-state index contributed by atoms with van der Waals surface area (Å²) in [4.78, 5) is 24.3. The molecule has 124 valence electrons. The zero-order valence-electron chi connectivity index (χ0n) is 13.2. The molecule has 2 heterocycles. The Balaban J connectivity index is 1.73. The molecule has 0 radical (unpaired) electrons. The van der Waals surface area contributed by atoms with E-state index >= 15 is 0 Å². The van der Waals surface area contributed by atoms with E-state index in [4.69, 9.17) is 11.6 Å². The summed E-state index contributed by atoms with van der Waals surface area (Å²) in [5.74, 6) is -0.315. The molecule has 24 heavy (non-hydrogen) atoms. The number of aryl methyl sites for hydroxylation is 1. The lowest BCUT2D eigenvalue weighted by molar-refractivity contribution is -0.122. The van der Waals surface area contributed by atoms with E-state index in [0.717, 1.165) is 20.3 Å². The first-order valence-corrected chi connectivity index (χ1v) is 7.80. The van der Waals surface area contributed by atoms with Gasteiger partial charge in [0.15, 0.2) is 5.65 Å². The lowest BCUT2D eigenvalue weighted by atomic mass is 10.1. The van der Waals surface area contributed by atoms with Gasteiger partial charge < -0.3 is 5.32 Å². The van der Waals surface area contributed by atoms with Crippen molar-refractivity contribution in [3.8, 4) is 0 Å². The van der Waals surface area contributed by atoms with Crippen molar-refractivity contribution in [1.29, 1.82) is 0 Å². The van der Waals surface area contributed by atoms with Crippen molar-refractivity contribution in [2.24, 2.45) is 0 Å². The van der Waals surface area contributed by atoms with E-state index < -0.39 is 5.69 Å². The minimum atomic E-state index is -0.452. The number of nitrogens with one attached hydrogen (secondary N) is 1. The first-order chi connectivity index (χ1) is 11.5. The van der Waals surface area contributed by atoms with Crippen LogP contribution in [0, 0.1) is 6.92 Å². The molecule has 0 aliphatic carbocycles. The molecule has 1 aromatic carbocycles. The van der Waals surface area contributed by atoms with Gasteiger partial charge in [0.1, 0.15) is 6.54 Å². The van der Waals surface area contributed by atoms with Crippen LogP contribution in [-0.4, -0.2) is 25.3 Å². The van der Waals surface area contributed by atoms with Crippen LogP contribution in [0.5, 0.6) is 0 Å². The third kappa shape index (κ3) is 3.16. The number of amides is 1. The van der Waals surface area contributed by atoms with Crippen molar-refractivity contribution in [3.63, 3.8) is 0 Å². The highest BCUT2D eigenvalue weighted by Gasteiger charge is 2.14. The molecule has 7 nitrogen and oxygen atoms in total. The van der Waals surface area contributed by atoms with Gasteiger partial charge in [0.05, 0.1) is 6.04 Å². The number of nitrogens with zero attached hydrogens (tertiary/aromatic N) is 4. The Hall–Kier alpha value is -2.67. The minimum Gasteiger partial charge on any atom is -0.348 e. The van der Waals surface area contributed by atoms with Gasteiger partial charge in [-0.25, -0.2) is 9.48 Å². The molecular formula is C16H16ClN5O2. The van der Waals surface area contributed by atoms with Crippen molar-refractivity contribution in [2.45, 2.75) is 26.4 Å². The summed E-state index contributed by atoms with van der Waals surface area (Å²) in [6, 6.07) is 8.73. The van der Waals surface area contributed by atoms with Crippen molar-refractivity contribution in [2.75, 3.05) is 0 Å². The maximum atomic E-state index is 12.2. The smallest absolute Gasteiger partial charge is 0.348 e. The molecule has 0 bridgehead atoms. The van der Waals surface area contributed by atoms with Gasteiger partial charge in [-0.2, -0.15) is 9.61 Å². The fourth-order valence-electron chi connectivity index (χ4n) is 2.35. The average Bonchev–Trinajstić information content (AvgIpc) is 2.86. The molecule has 0 fully saturated rings. The van der Waals surface area contributed by atoms with Crippen LogP contribution in [0.25, 0.3) is 5.65 Å². The third-order valence-electron chi connectivity index (χ3n) is 3.72. The fraction of sp³-hybridized carbons (Fsp3) is 0.250. The van der Waals surface area contributed by atoms with Gasteiger partial charge in [-0.3, -0.25) is 4.79 Å². The molecule has 3 aromatic rings. The minimum absolute atomic E-state index is 0.174. The highest BCUT2D eigenvalue weighted by molar-refractivity contribution is 6.31. The number of carbonyl (C=O) groups is 1. The Labute approximate surface area is 142 Å². The average molecular weight is 346 g/mol. The molecule has 0 saturated heterocycles. The zero-order valence-corrected chi connectivity index (χ0v) is 14.0. The molecule has 1 amide bonds. The SMILES string of the molecule is Cc1ccc([C@H](C)NC(=O)Cn2nc3cccnn3c2=O)cc1Cl. The zero-order chi connectivity index (χ0) is 17.3. The van der Waals surface area contributed by atoms with Gasteiger partial charge in [-0.15, -0.1) is 5.10 Å². The van der Waals surface area contributed by atoms with Crippen LogP contribution in [0.3, 0.4) is 0 Å². The Kier molecular flexibility index (Phi) is 4.35. The van der Waals surface area contributed by atoms with Crippen molar-refractivity contribution < 1.29 is 4.79 Å². The highest BCUT2D eigenvalue weighted by Crippen LogP contribution is 2.21. The van der Waals surface area contributed by atoms with Crippen LogP contribution >= 0.6 is 11.6 Å². The maximum absolute atomic E-state index is 12.2. The number of benzene rings is 1. The van der Waals surface area contributed by atoms with E-state index in [2.05, 4.69) is 15.5 Å². The quantitative estimate of drug-likeness (QED) is 0.780. The van der Waals surface area contributed by atoms with Gasteiger partial charge in [-0.05, 0) is 43.2 Å². The van der Waals surface area contributed by atoms with Crippen LogP contribution in [0.15, 0.2) is 41.3 Å². The number of aromatic nitrogens is 4. The molecule has 1 N–H and O–H groups in total. The van der Waals surface area contributed by atoms with E-state index in [1.54, 1.807) is 12.1 Å². The number of halogens is 1. The molecule has 1 atom stereocenters. The second-order valence-electron chi connectivity index (χ2n) is 5.53. The molecule has 0 unspecified atom stereocenters. The fourth-order valence-corrected chi connectivity index (χ4v) is 2.54. The number of rotatable bonds is 4. The standard InChI is InChI=1S/C16H16ClN5O2/c1-10-5-6-12(8-13(10)17)11(2)19-15(23)9-21-16(24)22-14(20-21)4-3-7-18-22/h3-8,11H,9H2,1-2H3,(H,19,23)/t11-/m0/s1. The van der Waals surface area contributed by atoms with E-state index in [9.17, 15) is 9.59 Å². The highest BCUT2D eigenvalue weighted by atomic mass is 35.5.